The third-order valence-corrected chi connectivity index (χ3v) is 7.99. The van der Waals surface area contributed by atoms with Gasteiger partial charge in [-0.3, -0.25) is 14.4 Å². The Labute approximate surface area is 231 Å². The molecule has 3 aromatic rings. The smallest absolute Gasteiger partial charge is 0.261 e. The second-order valence-electron chi connectivity index (χ2n) is 8.51. The van der Waals surface area contributed by atoms with E-state index in [-0.39, 0.29) is 40.7 Å². The van der Waals surface area contributed by atoms with Crippen molar-refractivity contribution in [3.8, 4) is 11.5 Å². The van der Waals surface area contributed by atoms with Crippen LogP contribution in [0, 0.1) is 0 Å². The Balaban J connectivity index is 0.00000320. The maximum atomic E-state index is 13.2. The van der Waals surface area contributed by atoms with Gasteiger partial charge in [-0.15, -0.1) is 12.4 Å². The zero-order valence-electron chi connectivity index (χ0n) is 19.5. The first-order valence-corrected chi connectivity index (χ1v) is 13.5. The SMILES string of the molecule is Cl.O=C(c1cccc(S(=O)(=O)Nc2cc(Cl)ccc2Cl)c1)N1CCN(Cc2ccc3c(c2)OCO3)CC1. The van der Waals surface area contributed by atoms with E-state index in [1.807, 2.05) is 18.2 Å². The van der Waals surface area contributed by atoms with E-state index in [9.17, 15) is 13.2 Å². The van der Waals surface area contributed by atoms with Crippen molar-refractivity contribution in [2.24, 2.45) is 0 Å². The highest BCUT2D eigenvalue weighted by Gasteiger charge is 2.25. The third-order valence-electron chi connectivity index (χ3n) is 6.07. The molecule has 1 amide bonds. The van der Waals surface area contributed by atoms with Crippen LogP contribution in [0.3, 0.4) is 0 Å². The molecule has 37 heavy (non-hydrogen) atoms. The van der Waals surface area contributed by atoms with Gasteiger partial charge in [-0.2, -0.15) is 0 Å². The van der Waals surface area contributed by atoms with Gasteiger partial charge in [0, 0.05) is 43.3 Å². The van der Waals surface area contributed by atoms with Gasteiger partial charge in [-0.05, 0) is 54.1 Å². The number of hydrogen-bond donors (Lipinski definition) is 1. The molecule has 0 aliphatic carbocycles. The van der Waals surface area contributed by atoms with Crippen LogP contribution in [0.1, 0.15) is 15.9 Å². The molecule has 1 N–H and O–H groups in total. The molecular weight excluding hydrogens is 561 g/mol. The standard InChI is InChI=1S/C25H23Cl2N3O5S.ClH/c26-19-5-6-21(27)22(14-19)28-36(32,33)20-3-1-2-18(13-20)25(31)30-10-8-29(9-11-30)15-17-4-7-23-24(12-17)35-16-34-23;/h1-7,12-14,28H,8-11,15-16H2;1H. The van der Waals surface area contributed by atoms with Crippen molar-refractivity contribution < 1.29 is 22.7 Å². The minimum absolute atomic E-state index is 0. The van der Waals surface area contributed by atoms with Gasteiger partial charge in [0.15, 0.2) is 11.5 Å². The second-order valence-corrected chi connectivity index (χ2v) is 11.0. The Bertz CT molecular complexity index is 1410. The van der Waals surface area contributed by atoms with E-state index in [1.54, 1.807) is 23.1 Å². The fraction of sp³-hybridized carbons (Fsp3) is 0.240. The van der Waals surface area contributed by atoms with Gasteiger partial charge in [0.25, 0.3) is 15.9 Å². The number of benzene rings is 3. The molecule has 1 saturated heterocycles. The molecule has 0 spiro atoms. The first kappa shape index (κ1) is 27.3. The van der Waals surface area contributed by atoms with E-state index in [0.717, 1.165) is 23.6 Å². The Morgan fingerprint density at radius 1 is 0.919 bits per heavy atom. The molecule has 5 rings (SSSR count). The Morgan fingerprint density at radius 2 is 1.68 bits per heavy atom. The maximum Gasteiger partial charge on any atom is 0.261 e. The number of halogens is 3. The molecule has 3 aromatic carbocycles. The van der Waals surface area contributed by atoms with Crippen molar-refractivity contribution in [2.75, 3.05) is 37.7 Å². The molecule has 196 valence electrons. The number of ether oxygens (including phenoxy) is 2. The van der Waals surface area contributed by atoms with Crippen molar-refractivity contribution in [3.63, 3.8) is 0 Å². The number of nitrogens with one attached hydrogen (secondary N) is 1. The first-order valence-electron chi connectivity index (χ1n) is 11.3. The van der Waals surface area contributed by atoms with Gasteiger partial charge >= 0.3 is 0 Å². The first-order chi connectivity index (χ1) is 17.3. The fourth-order valence-electron chi connectivity index (χ4n) is 4.16. The van der Waals surface area contributed by atoms with E-state index in [1.165, 1.54) is 24.3 Å². The predicted molar refractivity (Wildman–Crippen MR) is 145 cm³/mol. The van der Waals surface area contributed by atoms with Crippen LogP contribution in [-0.2, 0) is 16.6 Å². The summed E-state index contributed by atoms with van der Waals surface area (Å²) in [6.07, 6.45) is 0. The number of carbonyl (C=O) groups excluding carboxylic acids is 1. The average Bonchev–Trinajstić information content (AvgIpc) is 3.34. The summed E-state index contributed by atoms with van der Waals surface area (Å²) in [4.78, 5) is 17.1. The summed E-state index contributed by atoms with van der Waals surface area (Å²) in [5.41, 5.74) is 1.59. The quantitative estimate of drug-likeness (QED) is 0.443. The largest absolute Gasteiger partial charge is 0.454 e. The van der Waals surface area contributed by atoms with E-state index in [4.69, 9.17) is 32.7 Å². The highest BCUT2D eigenvalue weighted by Crippen LogP contribution is 2.33. The van der Waals surface area contributed by atoms with Crippen molar-refractivity contribution in [3.05, 3.63) is 81.8 Å². The number of piperazine rings is 1. The monoisotopic (exact) mass is 583 g/mol. The Morgan fingerprint density at radius 3 is 2.46 bits per heavy atom. The van der Waals surface area contributed by atoms with Crippen LogP contribution in [0.2, 0.25) is 10.0 Å². The van der Waals surface area contributed by atoms with Crippen LogP contribution in [0.25, 0.3) is 0 Å². The average molecular weight is 585 g/mol. The van der Waals surface area contributed by atoms with Gasteiger partial charge in [0.05, 0.1) is 15.6 Å². The number of amides is 1. The van der Waals surface area contributed by atoms with Crippen LogP contribution in [-0.4, -0.2) is 57.1 Å². The lowest BCUT2D eigenvalue weighted by molar-refractivity contribution is 0.0628. The van der Waals surface area contributed by atoms with Crippen LogP contribution in [0.4, 0.5) is 5.69 Å². The zero-order chi connectivity index (χ0) is 25.3. The molecule has 2 aliphatic heterocycles. The molecule has 0 saturated carbocycles. The van der Waals surface area contributed by atoms with Crippen LogP contribution in [0.15, 0.2) is 65.6 Å². The predicted octanol–water partition coefficient (Wildman–Crippen LogP) is 4.90. The number of nitrogens with zero attached hydrogens (tertiary/aromatic N) is 2. The normalized spacial score (nSPS) is 15.2. The summed E-state index contributed by atoms with van der Waals surface area (Å²) >= 11 is 12.1. The summed E-state index contributed by atoms with van der Waals surface area (Å²) in [5.74, 6) is 1.29. The second kappa shape index (κ2) is 11.4. The molecule has 0 atom stereocenters. The molecule has 0 aromatic heterocycles. The minimum Gasteiger partial charge on any atom is -0.454 e. The van der Waals surface area contributed by atoms with Gasteiger partial charge in [-0.25, -0.2) is 8.42 Å². The Hall–Kier alpha value is -2.69. The lowest BCUT2D eigenvalue weighted by Gasteiger charge is -2.34. The molecule has 2 heterocycles. The highest BCUT2D eigenvalue weighted by atomic mass is 35.5. The molecular formula is C25H24Cl3N3O5S. The minimum atomic E-state index is -3.98. The summed E-state index contributed by atoms with van der Waals surface area (Å²) in [6, 6.07) is 16.4. The summed E-state index contributed by atoms with van der Waals surface area (Å²) in [5, 5.41) is 0.563. The topological polar surface area (TPSA) is 88.2 Å². The number of sulfonamides is 1. The highest BCUT2D eigenvalue weighted by molar-refractivity contribution is 7.92. The van der Waals surface area contributed by atoms with Crippen molar-refractivity contribution >= 4 is 57.2 Å². The lowest BCUT2D eigenvalue weighted by Crippen LogP contribution is -2.48. The van der Waals surface area contributed by atoms with E-state index >= 15 is 0 Å². The van der Waals surface area contributed by atoms with E-state index < -0.39 is 10.0 Å². The summed E-state index contributed by atoms with van der Waals surface area (Å²) in [7, 11) is -3.98. The number of fused-ring (bicyclic) bond motifs is 1. The summed E-state index contributed by atoms with van der Waals surface area (Å²) in [6.45, 7) is 3.46. The molecule has 8 nitrogen and oxygen atoms in total. The van der Waals surface area contributed by atoms with Gasteiger partial charge < -0.3 is 14.4 Å². The fourth-order valence-corrected chi connectivity index (χ4v) is 5.67. The zero-order valence-corrected chi connectivity index (χ0v) is 22.7. The molecule has 0 radical (unpaired) electrons. The van der Waals surface area contributed by atoms with Crippen molar-refractivity contribution in [1.29, 1.82) is 0 Å². The number of hydrogen-bond acceptors (Lipinski definition) is 6. The van der Waals surface area contributed by atoms with Crippen molar-refractivity contribution in [1.82, 2.24) is 9.80 Å². The number of anilines is 1. The van der Waals surface area contributed by atoms with Crippen LogP contribution in [0.5, 0.6) is 11.5 Å². The Kier molecular flexibility index (Phi) is 8.40. The molecule has 0 bridgehead atoms. The van der Waals surface area contributed by atoms with E-state index in [2.05, 4.69) is 9.62 Å². The number of carbonyl (C=O) groups is 1. The maximum absolute atomic E-state index is 13.2. The molecule has 12 heteroatoms. The third kappa shape index (κ3) is 6.25. The van der Waals surface area contributed by atoms with Gasteiger partial charge in [-0.1, -0.05) is 35.3 Å². The summed E-state index contributed by atoms with van der Waals surface area (Å²) < 4.78 is 39.1. The molecule has 2 aliphatic rings. The van der Waals surface area contributed by atoms with Crippen LogP contribution < -0.4 is 14.2 Å². The molecule has 1 fully saturated rings. The van der Waals surface area contributed by atoms with Crippen molar-refractivity contribution in [2.45, 2.75) is 11.4 Å². The van der Waals surface area contributed by atoms with Crippen LogP contribution >= 0.6 is 35.6 Å². The van der Waals surface area contributed by atoms with Gasteiger partial charge in [0.1, 0.15) is 0 Å². The lowest BCUT2D eigenvalue weighted by atomic mass is 10.1. The number of rotatable bonds is 6. The molecule has 0 unspecified atom stereocenters. The van der Waals surface area contributed by atoms with Gasteiger partial charge in [0.2, 0.25) is 6.79 Å². The van der Waals surface area contributed by atoms with E-state index in [0.29, 0.717) is 36.8 Å².